The molecule has 2 aromatic heterocycles. The SMILES string of the molecule is Nc1c(NCc2cscn2)ccc2cnccc12. The average molecular weight is 256 g/mol. The monoisotopic (exact) mass is 256 g/mol. The second-order valence-corrected chi connectivity index (χ2v) is 4.68. The maximum Gasteiger partial charge on any atom is 0.0795 e. The molecule has 0 radical (unpaired) electrons. The molecular weight excluding hydrogens is 244 g/mol. The molecule has 1 aromatic carbocycles. The Hall–Kier alpha value is -2.14. The minimum atomic E-state index is 0.685. The number of nitrogens with one attached hydrogen (secondary N) is 1. The van der Waals surface area contributed by atoms with Crippen LogP contribution in [-0.2, 0) is 6.54 Å². The molecule has 0 fully saturated rings. The Morgan fingerprint density at radius 2 is 2.22 bits per heavy atom. The van der Waals surface area contributed by atoms with Gasteiger partial charge in [-0.3, -0.25) is 4.98 Å². The van der Waals surface area contributed by atoms with Gasteiger partial charge in [-0.05, 0) is 12.1 Å². The van der Waals surface area contributed by atoms with E-state index in [-0.39, 0.29) is 0 Å². The Kier molecular flexibility index (Phi) is 2.82. The van der Waals surface area contributed by atoms with Crippen LogP contribution in [0.3, 0.4) is 0 Å². The van der Waals surface area contributed by atoms with Crippen LogP contribution in [0.15, 0.2) is 41.5 Å². The van der Waals surface area contributed by atoms with Crippen LogP contribution in [0.25, 0.3) is 10.8 Å². The molecule has 0 unspecified atom stereocenters. The van der Waals surface area contributed by atoms with E-state index in [1.54, 1.807) is 17.5 Å². The van der Waals surface area contributed by atoms with Crippen molar-refractivity contribution in [2.45, 2.75) is 6.54 Å². The van der Waals surface area contributed by atoms with Crippen molar-refractivity contribution in [2.75, 3.05) is 11.1 Å². The molecule has 18 heavy (non-hydrogen) atoms. The number of fused-ring (bicyclic) bond motifs is 1. The number of rotatable bonds is 3. The summed E-state index contributed by atoms with van der Waals surface area (Å²) in [5.74, 6) is 0. The molecule has 5 heteroatoms. The summed E-state index contributed by atoms with van der Waals surface area (Å²) in [6, 6.07) is 5.92. The Labute approximate surface area is 109 Å². The average Bonchev–Trinajstić information content (AvgIpc) is 2.91. The fraction of sp³-hybridized carbons (Fsp3) is 0.0769. The molecule has 90 valence electrons. The van der Waals surface area contributed by atoms with Crippen LogP contribution < -0.4 is 11.1 Å². The van der Waals surface area contributed by atoms with E-state index in [9.17, 15) is 0 Å². The number of thiazole rings is 1. The van der Waals surface area contributed by atoms with Gasteiger partial charge >= 0.3 is 0 Å². The van der Waals surface area contributed by atoms with E-state index in [4.69, 9.17) is 5.73 Å². The van der Waals surface area contributed by atoms with E-state index in [0.29, 0.717) is 6.54 Å². The van der Waals surface area contributed by atoms with Crippen LogP contribution >= 0.6 is 11.3 Å². The fourth-order valence-electron chi connectivity index (χ4n) is 1.86. The summed E-state index contributed by atoms with van der Waals surface area (Å²) in [5.41, 5.74) is 10.7. The van der Waals surface area contributed by atoms with Crippen LogP contribution in [0.2, 0.25) is 0 Å². The standard InChI is InChI=1S/C13H12N4S/c14-13-11-3-4-15-5-9(11)1-2-12(13)16-6-10-7-18-8-17-10/h1-5,7-8,16H,6,14H2. The molecule has 0 amide bonds. The van der Waals surface area contributed by atoms with Crippen LogP contribution in [0, 0.1) is 0 Å². The third kappa shape index (κ3) is 2.00. The first-order valence-corrected chi connectivity index (χ1v) is 6.52. The normalized spacial score (nSPS) is 10.7. The topological polar surface area (TPSA) is 63.8 Å². The number of aromatic nitrogens is 2. The lowest BCUT2D eigenvalue weighted by Gasteiger charge is -2.10. The Balaban J connectivity index is 1.90. The Morgan fingerprint density at radius 1 is 1.28 bits per heavy atom. The van der Waals surface area contributed by atoms with Crippen LogP contribution in [0.4, 0.5) is 11.4 Å². The minimum absolute atomic E-state index is 0.685. The van der Waals surface area contributed by atoms with Crippen molar-refractivity contribution in [3.8, 4) is 0 Å². The van der Waals surface area contributed by atoms with E-state index in [0.717, 1.165) is 27.8 Å². The molecule has 0 atom stereocenters. The second kappa shape index (κ2) is 4.62. The summed E-state index contributed by atoms with van der Waals surface area (Å²) in [6.07, 6.45) is 3.57. The molecule has 2 heterocycles. The maximum absolute atomic E-state index is 6.15. The van der Waals surface area contributed by atoms with Gasteiger partial charge in [0.1, 0.15) is 0 Å². The molecular formula is C13H12N4S. The largest absolute Gasteiger partial charge is 0.397 e. The summed E-state index contributed by atoms with van der Waals surface area (Å²) in [6.45, 7) is 0.685. The third-order valence-electron chi connectivity index (χ3n) is 2.81. The lowest BCUT2D eigenvalue weighted by Crippen LogP contribution is -2.03. The number of nitrogen functional groups attached to an aromatic ring is 1. The van der Waals surface area contributed by atoms with Crippen LogP contribution in [0.5, 0.6) is 0 Å². The molecule has 0 saturated heterocycles. The molecule has 3 rings (SSSR count). The number of anilines is 2. The first-order valence-electron chi connectivity index (χ1n) is 5.58. The van der Waals surface area contributed by atoms with Crippen molar-refractivity contribution < 1.29 is 0 Å². The molecule has 0 aliphatic rings. The van der Waals surface area contributed by atoms with Gasteiger partial charge in [0.15, 0.2) is 0 Å². The third-order valence-corrected chi connectivity index (χ3v) is 3.44. The van der Waals surface area contributed by atoms with Crippen LogP contribution in [-0.4, -0.2) is 9.97 Å². The van der Waals surface area contributed by atoms with Gasteiger partial charge in [0, 0.05) is 28.5 Å². The molecule has 4 nitrogen and oxygen atoms in total. The van der Waals surface area contributed by atoms with Gasteiger partial charge in [-0.25, -0.2) is 4.98 Å². The minimum Gasteiger partial charge on any atom is -0.397 e. The number of benzene rings is 1. The summed E-state index contributed by atoms with van der Waals surface area (Å²) in [4.78, 5) is 8.31. The van der Waals surface area contributed by atoms with Gasteiger partial charge in [0.25, 0.3) is 0 Å². The van der Waals surface area contributed by atoms with Gasteiger partial charge in [-0.2, -0.15) is 0 Å². The van der Waals surface area contributed by atoms with Crippen molar-refractivity contribution in [3.63, 3.8) is 0 Å². The second-order valence-electron chi connectivity index (χ2n) is 3.96. The predicted molar refractivity (Wildman–Crippen MR) is 75.6 cm³/mol. The number of nitrogens with zero attached hydrogens (tertiary/aromatic N) is 2. The quantitative estimate of drug-likeness (QED) is 0.707. The first kappa shape index (κ1) is 11.0. The first-order chi connectivity index (χ1) is 8.84. The zero-order valence-corrected chi connectivity index (χ0v) is 10.4. The van der Waals surface area contributed by atoms with Gasteiger partial charge < -0.3 is 11.1 Å². The summed E-state index contributed by atoms with van der Waals surface area (Å²) < 4.78 is 0. The van der Waals surface area contributed by atoms with Gasteiger partial charge in [-0.15, -0.1) is 11.3 Å². The van der Waals surface area contributed by atoms with Crippen molar-refractivity contribution in [1.82, 2.24) is 9.97 Å². The molecule has 0 spiro atoms. The van der Waals surface area contributed by atoms with Crippen molar-refractivity contribution in [1.29, 1.82) is 0 Å². The lowest BCUT2D eigenvalue weighted by atomic mass is 10.1. The highest BCUT2D eigenvalue weighted by atomic mass is 32.1. The Bertz CT molecular complexity index is 664. The highest BCUT2D eigenvalue weighted by Crippen LogP contribution is 2.28. The number of nitrogens with two attached hydrogens (primary N) is 1. The van der Waals surface area contributed by atoms with Crippen molar-refractivity contribution in [3.05, 3.63) is 47.2 Å². The van der Waals surface area contributed by atoms with Crippen molar-refractivity contribution >= 4 is 33.5 Å². The molecule has 0 bridgehead atoms. The van der Waals surface area contributed by atoms with E-state index < -0.39 is 0 Å². The van der Waals surface area contributed by atoms with Crippen molar-refractivity contribution in [2.24, 2.45) is 0 Å². The highest BCUT2D eigenvalue weighted by molar-refractivity contribution is 7.07. The van der Waals surface area contributed by atoms with Gasteiger partial charge in [0.05, 0.1) is 29.1 Å². The fourth-order valence-corrected chi connectivity index (χ4v) is 2.42. The Morgan fingerprint density at radius 3 is 3.06 bits per heavy atom. The van der Waals surface area contributed by atoms with Crippen LogP contribution in [0.1, 0.15) is 5.69 Å². The van der Waals surface area contributed by atoms with Gasteiger partial charge in [-0.1, -0.05) is 6.07 Å². The summed E-state index contributed by atoms with van der Waals surface area (Å²) in [5, 5.41) is 7.40. The van der Waals surface area contributed by atoms with E-state index in [2.05, 4.69) is 15.3 Å². The maximum atomic E-state index is 6.15. The zero-order chi connectivity index (χ0) is 12.4. The molecule has 0 saturated carbocycles. The smallest absolute Gasteiger partial charge is 0.0795 e. The van der Waals surface area contributed by atoms with Gasteiger partial charge in [0.2, 0.25) is 0 Å². The summed E-state index contributed by atoms with van der Waals surface area (Å²) >= 11 is 1.59. The number of pyridine rings is 1. The molecule has 3 aromatic rings. The predicted octanol–water partition coefficient (Wildman–Crippen LogP) is 2.89. The van der Waals surface area contributed by atoms with E-state index in [1.165, 1.54) is 0 Å². The zero-order valence-electron chi connectivity index (χ0n) is 9.63. The number of hydrogen-bond donors (Lipinski definition) is 2. The molecule has 0 aliphatic heterocycles. The number of hydrogen-bond acceptors (Lipinski definition) is 5. The van der Waals surface area contributed by atoms with E-state index in [1.807, 2.05) is 35.3 Å². The summed E-state index contributed by atoms with van der Waals surface area (Å²) in [7, 11) is 0. The lowest BCUT2D eigenvalue weighted by molar-refractivity contribution is 1.08. The highest BCUT2D eigenvalue weighted by Gasteiger charge is 2.04. The molecule has 3 N–H and O–H groups in total. The van der Waals surface area contributed by atoms with E-state index >= 15 is 0 Å². The molecule has 0 aliphatic carbocycles.